The number of nitrogen functional groups attached to an aromatic ring is 1. The predicted octanol–water partition coefficient (Wildman–Crippen LogP) is -0.613. The van der Waals surface area contributed by atoms with Gasteiger partial charge in [-0.15, -0.1) is 0 Å². The Kier molecular flexibility index (Phi) is 2.85. The van der Waals surface area contributed by atoms with Crippen molar-refractivity contribution in [2.45, 2.75) is 31.0 Å². The Bertz CT molecular complexity index is 646. The van der Waals surface area contributed by atoms with Gasteiger partial charge in [0.2, 0.25) is 0 Å². The van der Waals surface area contributed by atoms with Crippen LogP contribution >= 0.6 is 0 Å². The molecule has 4 atom stereocenters. The first kappa shape index (κ1) is 13.2. The van der Waals surface area contributed by atoms with Gasteiger partial charge in [0.1, 0.15) is 23.5 Å². The Morgan fingerprint density at radius 1 is 1.50 bits per heavy atom. The summed E-state index contributed by atoms with van der Waals surface area (Å²) in [4.78, 5) is 11.9. The molecule has 0 amide bonds. The van der Waals surface area contributed by atoms with Crippen LogP contribution < -0.4 is 5.73 Å². The maximum atomic E-state index is 14.1. The zero-order chi connectivity index (χ0) is 14.5. The highest BCUT2D eigenvalue weighted by Gasteiger charge is 2.54. The average Bonchev–Trinajstić information content (AvgIpc) is 2.92. The number of nitrogens with two attached hydrogens (primary N) is 1. The number of hydrogen-bond donors (Lipinski definition) is 3. The average molecular weight is 283 g/mol. The number of alkyl halides is 1. The number of ether oxygens (including phenoxy) is 1. The molecule has 0 aromatic carbocycles. The van der Waals surface area contributed by atoms with Crippen LogP contribution in [0.2, 0.25) is 0 Å². The molecule has 0 radical (unpaired) electrons. The Labute approximate surface area is 113 Å². The number of nitrogens with zero attached hydrogens (tertiary/aromatic N) is 4. The summed E-state index contributed by atoms with van der Waals surface area (Å²) in [5.41, 5.74) is 4.52. The van der Waals surface area contributed by atoms with Gasteiger partial charge in [-0.25, -0.2) is 19.3 Å². The van der Waals surface area contributed by atoms with E-state index < -0.39 is 30.7 Å². The number of hydrogen-bond acceptors (Lipinski definition) is 7. The van der Waals surface area contributed by atoms with Crippen LogP contribution in [0.15, 0.2) is 12.7 Å². The van der Waals surface area contributed by atoms with Crippen LogP contribution in [-0.4, -0.2) is 54.2 Å². The van der Waals surface area contributed by atoms with Crippen molar-refractivity contribution in [2.75, 3.05) is 12.3 Å². The van der Waals surface area contributed by atoms with Crippen molar-refractivity contribution in [1.29, 1.82) is 0 Å². The molecule has 1 fully saturated rings. The molecule has 0 saturated carbocycles. The van der Waals surface area contributed by atoms with Crippen LogP contribution in [0.1, 0.15) is 13.2 Å². The second kappa shape index (κ2) is 4.33. The highest BCUT2D eigenvalue weighted by Crippen LogP contribution is 2.41. The Morgan fingerprint density at radius 2 is 2.25 bits per heavy atom. The van der Waals surface area contributed by atoms with E-state index in [0.29, 0.717) is 11.2 Å². The van der Waals surface area contributed by atoms with Gasteiger partial charge in [0, 0.05) is 0 Å². The molecular weight excluding hydrogens is 269 g/mol. The first-order valence-electron chi connectivity index (χ1n) is 6.02. The topological polar surface area (TPSA) is 119 Å². The van der Waals surface area contributed by atoms with Crippen LogP contribution in [0.25, 0.3) is 11.2 Å². The summed E-state index contributed by atoms with van der Waals surface area (Å²) in [6.07, 6.45) is -1.30. The maximum Gasteiger partial charge on any atom is 0.168 e. The van der Waals surface area contributed by atoms with E-state index in [1.807, 2.05) is 0 Å². The number of aliphatic hydroxyl groups is 2. The standard InChI is InChI=1S/C11H14FN5O3/c1-11(19)7(12)5(2-18)20-10(11)17-4-16-6-8(13)14-3-15-9(6)17/h3-5,7,10,18-19H,2H2,1H3,(H2,13,14,15)/t5-,7-,10-,11-/m1/s1. The summed E-state index contributed by atoms with van der Waals surface area (Å²) in [6, 6.07) is 0. The van der Waals surface area contributed by atoms with Gasteiger partial charge in [0.05, 0.1) is 12.9 Å². The number of imidazole rings is 1. The smallest absolute Gasteiger partial charge is 0.168 e. The molecule has 3 rings (SSSR count). The molecule has 0 aliphatic carbocycles. The van der Waals surface area contributed by atoms with Crippen molar-refractivity contribution in [3.05, 3.63) is 12.7 Å². The van der Waals surface area contributed by atoms with Gasteiger partial charge < -0.3 is 20.7 Å². The molecular formula is C11H14FN5O3. The van der Waals surface area contributed by atoms with Crippen molar-refractivity contribution < 1.29 is 19.3 Å². The summed E-state index contributed by atoms with van der Waals surface area (Å²) >= 11 is 0. The molecule has 0 unspecified atom stereocenters. The van der Waals surface area contributed by atoms with Gasteiger partial charge in [-0.2, -0.15) is 0 Å². The molecule has 2 aromatic heterocycles. The van der Waals surface area contributed by atoms with E-state index in [1.54, 1.807) is 0 Å². The molecule has 0 spiro atoms. The molecule has 108 valence electrons. The summed E-state index contributed by atoms with van der Waals surface area (Å²) in [5.74, 6) is 0.182. The fourth-order valence-electron chi connectivity index (χ4n) is 2.41. The fourth-order valence-corrected chi connectivity index (χ4v) is 2.41. The lowest BCUT2D eigenvalue weighted by Gasteiger charge is -2.26. The van der Waals surface area contributed by atoms with E-state index in [0.717, 1.165) is 0 Å². The lowest BCUT2D eigenvalue weighted by molar-refractivity contribution is -0.0892. The minimum atomic E-state index is -1.82. The van der Waals surface area contributed by atoms with Gasteiger partial charge in [-0.05, 0) is 6.92 Å². The Balaban J connectivity index is 2.10. The molecule has 1 aliphatic rings. The third kappa shape index (κ3) is 1.67. The van der Waals surface area contributed by atoms with Gasteiger partial charge in [0.25, 0.3) is 0 Å². The lowest BCUT2D eigenvalue weighted by atomic mass is 9.98. The number of halogens is 1. The van der Waals surface area contributed by atoms with E-state index in [9.17, 15) is 9.50 Å². The number of aromatic nitrogens is 4. The molecule has 4 N–H and O–H groups in total. The molecule has 20 heavy (non-hydrogen) atoms. The molecule has 1 aliphatic heterocycles. The first-order valence-corrected chi connectivity index (χ1v) is 6.02. The van der Waals surface area contributed by atoms with Crippen molar-refractivity contribution in [2.24, 2.45) is 0 Å². The van der Waals surface area contributed by atoms with E-state index in [2.05, 4.69) is 15.0 Å². The number of aliphatic hydroxyl groups excluding tert-OH is 1. The lowest BCUT2D eigenvalue weighted by Crippen LogP contribution is -2.41. The summed E-state index contributed by atoms with van der Waals surface area (Å²) < 4.78 is 20.8. The minimum absolute atomic E-state index is 0.182. The first-order chi connectivity index (χ1) is 9.46. The van der Waals surface area contributed by atoms with Gasteiger partial charge in [-0.1, -0.05) is 0 Å². The van der Waals surface area contributed by atoms with Crippen LogP contribution in [0.3, 0.4) is 0 Å². The second-order valence-corrected chi connectivity index (χ2v) is 4.92. The number of rotatable bonds is 2. The van der Waals surface area contributed by atoms with Gasteiger partial charge in [-0.3, -0.25) is 4.57 Å². The van der Waals surface area contributed by atoms with Crippen molar-refractivity contribution >= 4 is 17.0 Å². The SMILES string of the molecule is C[C@@]1(O)[C@H](F)[C@@H](CO)O[C@H]1n1cnc2c(N)ncnc21. The molecule has 2 aromatic rings. The highest BCUT2D eigenvalue weighted by atomic mass is 19.1. The second-order valence-electron chi connectivity index (χ2n) is 4.92. The third-order valence-electron chi connectivity index (χ3n) is 3.51. The van der Waals surface area contributed by atoms with Crippen LogP contribution in [-0.2, 0) is 4.74 Å². The quantitative estimate of drug-likeness (QED) is 0.672. The van der Waals surface area contributed by atoms with Crippen molar-refractivity contribution in [1.82, 2.24) is 19.5 Å². The van der Waals surface area contributed by atoms with E-state index in [-0.39, 0.29) is 5.82 Å². The predicted molar refractivity (Wildman–Crippen MR) is 66.3 cm³/mol. The summed E-state index contributed by atoms with van der Waals surface area (Å²) in [7, 11) is 0. The molecule has 0 bridgehead atoms. The summed E-state index contributed by atoms with van der Waals surface area (Å²) in [6.45, 7) is 0.770. The molecule has 9 heteroatoms. The van der Waals surface area contributed by atoms with Crippen LogP contribution in [0.4, 0.5) is 10.2 Å². The maximum absolute atomic E-state index is 14.1. The van der Waals surface area contributed by atoms with E-state index >= 15 is 0 Å². The number of anilines is 1. The normalized spacial score (nSPS) is 33.9. The van der Waals surface area contributed by atoms with Crippen LogP contribution in [0, 0.1) is 0 Å². The highest BCUT2D eigenvalue weighted by molar-refractivity contribution is 5.81. The Hall–Kier alpha value is -1.84. The molecule has 3 heterocycles. The summed E-state index contributed by atoms with van der Waals surface area (Å²) in [5, 5.41) is 19.4. The zero-order valence-corrected chi connectivity index (χ0v) is 10.6. The zero-order valence-electron chi connectivity index (χ0n) is 10.6. The third-order valence-corrected chi connectivity index (χ3v) is 3.51. The van der Waals surface area contributed by atoms with Gasteiger partial charge >= 0.3 is 0 Å². The van der Waals surface area contributed by atoms with E-state index in [4.69, 9.17) is 15.6 Å². The monoisotopic (exact) mass is 283 g/mol. The molecule has 1 saturated heterocycles. The van der Waals surface area contributed by atoms with Crippen molar-refractivity contribution in [3.8, 4) is 0 Å². The van der Waals surface area contributed by atoms with E-state index in [1.165, 1.54) is 24.1 Å². The largest absolute Gasteiger partial charge is 0.394 e. The minimum Gasteiger partial charge on any atom is -0.394 e. The van der Waals surface area contributed by atoms with Crippen LogP contribution in [0.5, 0.6) is 0 Å². The van der Waals surface area contributed by atoms with Crippen molar-refractivity contribution in [3.63, 3.8) is 0 Å². The van der Waals surface area contributed by atoms with Gasteiger partial charge in [0.15, 0.2) is 23.9 Å². The molecule has 8 nitrogen and oxygen atoms in total. The fraction of sp³-hybridized carbons (Fsp3) is 0.545. The Morgan fingerprint density at radius 3 is 2.90 bits per heavy atom. The number of fused-ring (bicyclic) bond motifs is 1.